The van der Waals surface area contributed by atoms with Crippen molar-refractivity contribution in [3.8, 4) is 0 Å². The summed E-state index contributed by atoms with van der Waals surface area (Å²) in [4.78, 5) is 40.0. The van der Waals surface area contributed by atoms with Crippen molar-refractivity contribution in [2.75, 3.05) is 6.54 Å². The first-order valence-corrected chi connectivity index (χ1v) is 13.1. The highest BCUT2D eigenvalue weighted by Gasteiger charge is 2.33. The van der Waals surface area contributed by atoms with Gasteiger partial charge in [0.05, 0.1) is 15.8 Å². The molecule has 0 radical (unpaired) electrons. The summed E-state index contributed by atoms with van der Waals surface area (Å²) in [6.45, 7) is 2.57. The Morgan fingerprint density at radius 1 is 1.06 bits per heavy atom. The van der Waals surface area contributed by atoms with E-state index in [1.54, 1.807) is 4.90 Å². The molecule has 0 spiro atoms. The highest BCUT2D eigenvalue weighted by atomic mass is 32.2. The average Bonchev–Trinajstić information content (AvgIpc) is 2.86. The smallest absolute Gasteiger partial charge is 0.330 e. The summed E-state index contributed by atoms with van der Waals surface area (Å²) in [6, 6.07) is 12.3. The van der Waals surface area contributed by atoms with E-state index in [2.05, 4.69) is 4.72 Å². The van der Waals surface area contributed by atoms with Gasteiger partial charge in [-0.25, -0.2) is 13.2 Å². The summed E-state index contributed by atoms with van der Waals surface area (Å²) < 4.78 is 31.7. The fourth-order valence-electron chi connectivity index (χ4n) is 4.65. The lowest BCUT2D eigenvalue weighted by Crippen LogP contribution is -2.53. The lowest BCUT2D eigenvalue weighted by molar-refractivity contribution is -0.136. The first-order valence-electron chi connectivity index (χ1n) is 11.7. The van der Waals surface area contributed by atoms with E-state index in [1.165, 1.54) is 36.9 Å². The molecule has 2 unspecified atom stereocenters. The topological polar surface area (TPSA) is 110 Å². The molecule has 35 heavy (non-hydrogen) atoms. The van der Waals surface area contributed by atoms with Crippen LogP contribution in [0.4, 0.5) is 0 Å². The normalized spacial score (nSPS) is 17.5. The Hall–Kier alpha value is -3.24. The number of nitrogens with zero attached hydrogens (tertiary/aromatic N) is 3. The second-order valence-electron chi connectivity index (χ2n) is 9.12. The number of hydrogen-bond acceptors (Lipinski definition) is 5. The van der Waals surface area contributed by atoms with E-state index in [-0.39, 0.29) is 28.7 Å². The van der Waals surface area contributed by atoms with Crippen LogP contribution in [0.2, 0.25) is 0 Å². The van der Waals surface area contributed by atoms with Crippen LogP contribution < -0.4 is 16.0 Å². The number of aryl methyl sites for hydroxylation is 1. The number of fused-ring (bicyclic) bond motifs is 1. The molecule has 1 aromatic heterocycles. The van der Waals surface area contributed by atoms with E-state index in [4.69, 9.17) is 0 Å². The van der Waals surface area contributed by atoms with Crippen molar-refractivity contribution in [2.24, 2.45) is 14.1 Å². The third kappa shape index (κ3) is 4.94. The molecule has 0 bridgehead atoms. The molecule has 1 fully saturated rings. The summed E-state index contributed by atoms with van der Waals surface area (Å²) in [5.74, 6) is -0.260. The van der Waals surface area contributed by atoms with E-state index in [9.17, 15) is 22.8 Å². The Kier molecular flexibility index (Phi) is 6.95. The molecule has 2 atom stereocenters. The van der Waals surface area contributed by atoms with Gasteiger partial charge in [0.1, 0.15) is 6.04 Å². The van der Waals surface area contributed by atoms with Crippen LogP contribution in [0, 0.1) is 0 Å². The highest BCUT2D eigenvalue weighted by Crippen LogP contribution is 2.21. The first-order chi connectivity index (χ1) is 16.6. The van der Waals surface area contributed by atoms with Crippen LogP contribution in [-0.2, 0) is 35.3 Å². The van der Waals surface area contributed by atoms with Gasteiger partial charge in [0, 0.05) is 26.7 Å². The van der Waals surface area contributed by atoms with Crippen molar-refractivity contribution in [3.63, 3.8) is 0 Å². The van der Waals surface area contributed by atoms with Gasteiger partial charge in [-0.1, -0.05) is 30.3 Å². The van der Waals surface area contributed by atoms with Crippen LogP contribution >= 0.6 is 0 Å². The van der Waals surface area contributed by atoms with Crippen LogP contribution in [0.5, 0.6) is 0 Å². The van der Waals surface area contributed by atoms with Gasteiger partial charge in [0.15, 0.2) is 0 Å². The van der Waals surface area contributed by atoms with Gasteiger partial charge in [-0.2, -0.15) is 4.72 Å². The Balaban J connectivity index is 1.72. The maximum absolute atomic E-state index is 13.5. The molecule has 1 amide bonds. The predicted molar refractivity (Wildman–Crippen MR) is 134 cm³/mol. The lowest BCUT2D eigenvalue weighted by Gasteiger charge is -2.36. The van der Waals surface area contributed by atoms with Gasteiger partial charge in [-0.05, 0) is 56.4 Å². The van der Waals surface area contributed by atoms with Crippen LogP contribution in [0.3, 0.4) is 0 Å². The molecule has 4 rings (SSSR count). The number of nitrogens with one attached hydrogen (secondary N) is 1. The fraction of sp³-hybridized carbons (Fsp3) is 0.400. The molecule has 2 aromatic carbocycles. The van der Waals surface area contributed by atoms with Crippen LogP contribution in [0.1, 0.15) is 31.7 Å². The van der Waals surface area contributed by atoms with Crippen molar-refractivity contribution >= 4 is 26.8 Å². The number of carbonyl (C=O) groups is 1. The van der Waals surface area contributed by atoms with E-state index in [1.807, 2.05) is 37.3 Å². The molecule has 3 aromatic rings. The Bertz CT molecular complexity index is 1480. The second-order valence-corrected chi connectivity index (χ2v) is 10.8. The predicted octanol–water partition coefficient (Wildman–Crippen LogP) is 1.53. The van der Waals surface area contributed by atoms with Gasteiger partial charge in [0.25, 0.3) is 5.56 Å². The number of aromatic nitrogens is 2. The molecule has 1 N–H and O–H groups in total. The fourth-order valence-corrected chi connectivity index (χ4v) is 5.87. The van der Waals surface area contributed by atoms with Gasteiger partial charge in [-0.15, -0.1) is 0 Å². The second kappa shape index (κ2) is 9.79. The summed E-state index contributed by atoms with van der Waals surface area (Å²) in [7, 11) is -1.29. The quantitative estimate of drug-likeness (QED) is 0.554. The Morgan fingerprint density at radius 2 is 1.77 bits per heavy atom. The lowest BCUT2D eigenvalue weighted by atomic mass is 10.0. The zero-order valence-corrected chi connectivity index (χ0v) is 20.9. The number of rotatable bonds is 6. The monoisotopic (exact) mass is 498 g/mol. The molecule has 1 aliphatic heterocycles. The summed E-state index contributed by atoms with van der Waals surface area (Å²) >= 11 is 0. The zero-order chi connectivity index (χ0) is 25.3. The van der Waals surface area contributed by atoms with Crippen molar-refractivity contribution in [3.05, 3.63) is 74.9 Å². The Morgan fingerprint density at radius 3 is 2.46 bits per heavy atom. The average molecular weight is 499 g/mol. The largest absolute Gasteiger partial charge is 0.339 e. The maximum Gasteiger partial charge on any atom is 0.330 e. The molecule has 0 saturated carbocycles. The molecule has 1 aliphatic rings. The number of sulfonamides is 1. The summed E-state index contributed by atoms with van der Waals surface area (Å²) in [5, 5.41) is 0.105. The van der Waals surface area contributed by atoms with E-state index >= 15 is 0 Å². The van der Waals surface area contributed by atoms with Gasteiger partial charge in [-0.3, -0.25) is 18.7 Å². The minimum Gasteiger partial charge on any atom is -0.339 e. The number of amides is 1. The first kappa shape index (κ1) is 24.9. The molecule has 2 heterocycles. The van der Waals surface area contributed by atoms with Crippen molar-refractivity contribution in [1.82, 2.24) is 18.8 Å². The highest BCUT2D eigenvalue weighted by molar-refractivity contribution is 7.89. The van der Waals surface area contributed by atoms with E-state index in [0.717, 1.165) is 29.4 Å². The van der Waals surface area contributed by atoms with Crippen molar-refractivity contribution in [2.45, 2.75) is 49.6 Å². The summed E-state index contributed by atoms with van der Waals surface area (Å²) in [5.41, 5.74) is 0.0799. The molecule has 0 aliphatic carbocycles. The number of piperidine rings is 1. The van der Waals surface area contributed by atoms with Crippen molar-refractivity contribution < 1.29 is 13.2 Å². The third-order valence-corrected chi connectivity index (χ3v) is 8.18. The molecule has 1 saturated heterocycles. The third-order valence-electron chi connectivity index (χ3n) is 6.71. The van der Waals surface area contributed by atoms with Crippen molar-refractivity contribution in [1.29, 1.82) is 0 Å². The number of likely N-dealkylation sites (tertiary alicyclic amines) is 1. The van der Waals surface area contributed by atoms with Crippen LogP contribution in [0.25, 0.3) is 10.9 Å². The van der Waals surface area contributed by atoms with Crippen LogP contribution in [-0.4, -0.2) is 47.0 Å². The number of hydrogen-bond donors (Lipinski definition) is 1. The Labute approximate surface area is 204 Å². The number of carbonyl (C=O) groups excluding carboxylic acids is 1. The molecular formula is C25H30N4O5S. The van der Waals surface area contributed by atoms with Gasteiger partial charge >= 0.3 is 5.69 Å². The molecule has 186 valence electrons. The summed E-state index contributed by atoms with van der Waals surface area (Å²) in [6.07, 6.45) is 3.00. The maximum atomic E-state index is 13.5. The minimum atomic E-state index is -4.16. The van der Waals surface area contributed by atoms with Gasteiger partial charge < -0.3 is 4.90 Å². The standard InChI is InChI=1S/C25H30N4O5S/c1-17-9-7-8-14-29(17)24(31)21(15-18-10-5-4-6-11-18)26-35(33,34)19-12-13-22-20(16-19)23(30)28(3)25(32)27(22)2/h4-6,10-13,16-17,21,26H,7-9,14-15H2,1-3H3. The van der Waals surface area contributed by atoms with Gasteiger partial charge in [0.2, 0.25) is 15.9 Å². The molecular weight excluding hydrogens is 468 g/mol. The van der Waals surface area contributed by atoms with Crippen LogP contribution in [0.15, 0.2) is 63.0 Å². The molecule has 10 heteroatoms. The minimum absolute atomic E-state index is 0.0315. The van der Waals surface area contributed by atoms with E-state index in [0.29, 0.717) is 12.1 Å². The molecule has 9 nitrogen and oxygen atoms in total. The SMILES string of the molecule is CC1CCCCN1C(=O)C(Cc1ccccc1)NS(=O)(=O)c1ccc2c(c1)c(=O)n(C)c(=O)n2C. The number of benzene rings is 2. The zero-order valence-electron chi connectivity index (χ0n) is 20.1. The van der Waals surface area contributed by atoms with E-state index < -0.39 is 27.3 Å².